The van der Waals surface area contributed by atoms with Crippen LogP contribution in [0.2, 0.25) is 0 Å². The first-order valence-corrected chi connectivity index (χ1v) is 7.68. The predicted molar refractivity (Wildman–Crippen MR) is 78.0 cm³/mol. The summed E-state index contributed by atoms with van der Waals surface area (Å²) in [6.07, 6.45) is 6.90. The topological polar surface area (TPSA) is 18.5 Å². The summed E-state index contributed by atoms with van der Waals surface area (Å²) in [6.45, 7) is 8.33. The Hall–Kier alpha value is -0.120. The number of hydrogen-bond acceptors (Lipinski definition) is 3. The molecule has 1 unspecified atom stereocenters. The minimum atomic E-state index is 0.486. The summed E-state index contributed by atoms with van der Waals surface area (Å²) in [7, 11) is 4.51. The fourth-order valence-corrected chi connectivity index (χ4v) is 3.55. The zero-order valence-corrected chi connectivity index (χ0v) is 12.7. The van der Waals surface area contributed by atoms with Gasteiger partial charge in [0.25, 0.3) is 0 Å². The van der Waals surface area contributed by atoms with Gasteiger partial charge in [-0.15, -0.1) is 0 Å². The molecule has 106 valence electrons. The van der Waals surface area contributed by atoms with E-state index in [0.717, 1.165) is 0 Å². The van der Waals surface area contributed by atoms with Gasteiger partial charge in [0.15, 0.2) is 0 Å². The molecule has 1 saturated heterocycles. The maximum absolute atomic E-state index is 3.71. The van der Waals surface area contributed by atoms with E-state index in [-0.39, 0.29) is 0 Å². The summed E-state index contributed by atoms with van der Waals surface area (Å²) in [5, 5.41) is 3.71. The molecule has 18 heavy (non-hydrogen) atoms. The van der Waals surface area contributed by atoms with E-state index in [1.807, 2.05) is 0 Å². The molecule has 2 aliphatic rings. The maximum Gasteiger partial charge on any atom is 0.0330 e. The van der Waals surface area contributed by atoms with Crippen molar-refractivity contribution < 1.29 is 0 Å². The normalized spacial score (nSPS) is 28.7. The average Bonchev–Trinajstić information content (AvgIpc) is 2.22. The van der Waals surface area contributed by atoms with Crippen LogP contribution in [-0.4, -0.2) is 61.2 Å². The van der Waals surface area contributed by atoms with Crippen LogP contribution < -0.4 is 5.32 Å². The first-order chi connectivity index (χ1) is 8.52. The number of piperidine rings is 1. The van der Waals surface area contributed by atoms with Gasteiger partial charge in [0, 0.05) is 30.7 Å². The first kappa shape index (κ1) is 14.3. The minimum Gasteiger partial charge on any atom is -0.311 e. The zero-order valence-electron chi connectivity index (χ0n) is 12.7. The summed E-state index contributed by atoms with van der Waals surface area (Å²) in [4.78, 5) is 5.17. The molecule has 0 amide bonds. The van der Waals surface area contributed by atoms with Crippen LogP contribution in [0.25, 0.3) is 0 Å². The third-order valence-electron chi connectivity index (χ3n) is 4.83. The fourth-order valence-electron chi connectivity index (χ4n) is 3.55. The lowest BCUT2D eigenvalue weighted by molar-refractivity contribution is 0.0108. The molecule has 1 N–H and O–H groups in total. The molecule has 0 aromatic rings. The molecule has 1 heterocycles. The van der Waals surface area contributed by atoms with Gasteiger partial charge in [-0.05, 0) is 52.7 Å². The van der Waals surface area contributed by atoms with E-state index in [9.17, 15) is 0 Å². The molecule has 0 radical (unpaired) electrons. The number of hydrogen-bond donors (Lipinski definition) is 1. The van der Waals surface area contributed by atoms with Crippen molar-refractivity contribution in [3.8, 4) is 0 Å². The van der Waals surface area contributed by atoms with Gasteiger partial charge in [0.1, 0.15) is 0 Å². The van der Waals surface area contributed by atoms with Crippen molar-refractivity contribution in [3.63, 3.8) is 0 Å². The Labute approximate surface area is 113 Å². The Morgan fingerprint density at radius 1 is 1.28 bits per heavy atom. The third kappa shape index (κ3) is 3.25. The molecular weight excluding hydrogens is 222 g/mol. The molecular formula is C15H31N3. The van der Waals surface area contributed by atoms with Crippen molar-refractivity contribution in [2.45, 2.75) is 63.6 Å². The fraction of sp³-hybridized carbons (Fsp3) is 1.00. The highest BCUT2D eigenvalue weighted by Crippen LogP contribution is 2.37. The minimum absolute atomic E-state index is 0.486. The molecule has 3 nitrogen and oxygen atoms in total. The number of rotatable bonds is 5. The summed E-state index contributed by atoms with van der Waals surface area (Å²) in [5.74, 6) is 0. The zero-order chi connectivity index (χ0) is 13.2. The first-order valence-electron chi connectivity index (χ1n) is 7.68. The largest absolute Gasteiger partial charge is 0.311 e. The molecule has 0 bridgehead atoms. The second-order valence-electron chi connectivity index (χ2n) is 6.87. The van der Waals surface area contributed by atoms with Crippen molar-refractivity contribution in [2.24, 2.45) is 0 Å². The van der Waals surface area contributed by atoms with E-state index in [1.165, 1.54) is 51.7 Å². The van der Waals surface area contributed by atoms with Gasteiger partial charge in [0.05, 0.1) is 0 Å². The van der Waals surface area contributed by atoms with Gasteiger partial charge in [-0.3, -0.25) is 4.90 Å². The van der Waals surface area contributed by atoms with Crippen LogP contribution in [0.15, 0.2) is 0 Å². The van der Waals surface area contributed by atoms with Crippen LogP contribution in [0.1, 0.15) is 46.0 Å². The Kier molecular flexibility index (Phi) is 4.68. The van der Waals surface area contributed by atoms with Gasteiger partial charge in [-0.25, -0.2) is 0 Å². The van der Waals surface area contributed by atoms with E-state index in [2.05, 4.69) is 43.1 Å². The molecule has 0 aromatic heterocycles. The number of nitrogens with zero attached hydrogens (tertiary/aromatic N) is 2. The standard InChI is InChI=1S/C15H31N3/c1-13(2)16-14-7-5-10-18(11-14)12-15(17(3)4)8-6-9-15/h13-14,16H,5-12H2,1-4H3. The maximum atomic E-state index is 3.71. The van der Waals surface area contributed by atoms with Gasteiger partial charge in [-0.2, -0.15) is 0 Å². The smallest absolute Gasteiger partial charge is 0.0330 e. The number of nitrogens with one attached hydrogen (secondary N) is 1. The number of likely N-dealkylation sites (tertiary alicyclic amines) is 1. The summed E-state index contributed by atoms with van der Waals surface area (Å²) in [5.41, 5.74) is 0.486. The quantitative estimate of drug-likeness (QED) is 0.808. The molecule has 3 heteroatoms. The lowest BCUT2D eigenvalue weighted by Gasteiger charge is -2.51. The Balaban J connectivity index is 1.85. The van der Waals surface area contributed by atoms with E-state index < -0.39 is 0 Å². The summed E-state index contributed by atoms with van der Waals surface area (Å²) in [6, 6.07) is 1.32. The molecule has 0 spiro atoms. The van der Waals surface area contributed by atoms with Gasteiger partial charge in [-0.1, -0.05) is 13.8 Å². The highest BCUT2D eigenvalue weighted by Gasteiger charge is 2.41. The van der Waals surface area contributed by atoms with Crippen LogP contribution >= 0.6 is 0 Å². The third-order valence-corrected chi connectivity index (χ3v) is 4.83. The second kappa shape index (κ2) is 5.89. The highest BCUT2D eigenvalue weighted by atomic mass is 15.2. The van der Waals surface area contributed by atoms with Crippen LogP contribution in [0.4, 0.5) is 0 Å². The molecule has 2 rings (SSSR count). The Bertz CT molecular complexity index is 258. The molecule has 1 saturated carbocycles. The van der Waals surface area contributed by atoms with Crippen molar-refractivity contribution in [1.29, 1.82) is 0 Å². The summed E-state index contributed by atoms with van der Waals surface area (Å²) >= 11 is 0. The van der Waals surface area contributed by atoms with Gasteiger partial charge in [0.2, 0.25) is 0 Å². The lowest BCUT2D eigenvalue weighted by atomic mass is 9.75. The van der Waals surface area contributed by atoms with Gasteiger partial charge >= 0.3 is 0 Å². The van der Waals surface area contributed by atoms with Crippen molar-refractivity contribution in [3.05, 3.63) is 0 Å². The van der Waals surface area contributed by atoms with Crippen LogP contribution in [0.3, 0.4) is 0 Å². The number of likely N-dealkylation sites (N-methyl/N-ethyl adjacent to an activating group) is 1. The Morgan fingerprint density at radius 3 is 2.50 bits per heavy atom. The van der Waals surface area contributed by atoms with E-state index >= 15 is 0 Å². The van der Waals surface area contributed by atoms with E-state index in [4.69, 9.17) is 0 Å². The monoisotopic (exact) mass is 253 g/mol. The van der Waals surface area contributed by atoms with Gasteiger partial charge < -0.3 is 10.2 Å². The van der Waals surface area contributed by atoms with Crippen molar-refractivity contribution >= 4 is 0 Å². The highest BCUT2D eigenvalue weighted by molar-refractivity contribution is 4.99. The molecule has 1 aliphatic carbocycles. The predicted octanol–water partition coefficient (Wildman–Crippen LogP) is 1.93. The van der Waals surface area contributed by atoms with Crippen molar-refractivity contribution in [2.75, 3.05) is 33.7 Å². The molecule has 1 atom stereocenters. The average molecular weight is 253 g/mol. The molecule has 1 aliphatic heterocycles. The summed E-state index contributed by atoms with van der Waals surface area (Å²) < 4.78 is 0. The second-order valence-corrected chi connectivity index (χ2v) is 6.87. The Morgan fingerprint density at radius 2 is 2.00 bits per heavy atom. The van der Waals surface area contributed by atoms with Crippen LogP contribution in [-0.2, 0) is 0 Å². The molecule has 2 fully saturated rings. The van der Waals surface area contributed by atoms with Crippen molar-refractivity contribution in [1.82, 2.24) is 15.1 Å². The SMILES string of the molecule is CC(C)NC1CCCN(CC2(N(C)C)CCC2)C1. The lowest BCUT2D eigenvalue weighted by Crippen LogP contribution is -2.59. The molecule has 0 aromatic carbocycles. The van der Waals surface area contributed by atoms with Crippen LogP contribution in [0, 0.1) is 0 Å². The van der Waals surface area contributed by atoms with E-state index in [0.29, 0.717) is 17.6 Å². The van der Waals surface area contributed by atoms with E-state index in [1.54, 1.807) is 0 Å². The van der Waals surface area contributed by atoms with Crippen LogP contribution in [0.5, 0.6) is 0 Å².